The molecule has 1 aromatic rings. The SMILES string of the molecule is O=C(O)c1cc(F)c(F)cc1C(=O)NCC(F)(F)CO. The van der Waals surface area contributed by atoms with E-state index in [0.29, 0.717) is 6.07 Å². The van der Waals surface area contributed by atoms with E-state index in [0.717, 1.165) is 0 Å². The van der Waals surface area contributed by atoms with Crippen molar-refractivity contribution in [3.8, 4) is 0 Å². The Kier molecular flexibility index (Phi) is 4.66. The summed E-state index contributed by atoms with van der Waals surface area (Å²) in [5.41, 5.74) is -1.67. The quantitative estimate of drug-likeness (QED) is 0.708. The van der Waals surface area contributed by atoms with Gasteiger partial charge in [-0.2, -0.15) is 0 Å². The van der Waals surface area contributed by atoms with Gasteiger partial charge in [0, 0.05) is 0 Å². The van der Waals surface area contributed by atoms with Crippen molar-refractivity contribution in [2.75, 3.05) is 13.2 Å². The first kappa shape index (κ1) is 15.9. The highest BCUT2D eigenvalue weighted by Crippen LogP contribution is 2.16. The molecule has 3 N–H and O–H groups in total. The second-order valence-electron chi connectivity index (χ2n) is 3.81. The van der Waals surface area contributed by atoms with E-state index < -0.39 is 53.7 Å². The lowest BCUT2D eigenvalue weighted by molar-refractivity contribution is -0.0462. The molecular weight excluding hydrogens is 286 g/mol. The van der Waals surface area contributed by atoms with Gasteiger partial charge in [-0.1, -0.05) is 0 Å². The van der Waals surface area contributed by atoms with Gasteiger partial charge < -0.3 is 15.5 Å². The van der Waals surface area contributed by atoms with Gasteiger partial charge in [0.25, 0.3) is 11.8 Å². The molecule has 0 bridgehead atoms. The van der Waals surface area contributed by atoms with Crippen molar-refractivity contribution in [3.05, 3.63) is 34.9 Å². The predicted octanol–water partition coefficient (Wildman–Crippen LogP) is 1.02. The molecule has 0 unspecified atom stereocenters. The number of alkyl halides is 2. The van der Waals surface area contributed by atoms with Crippen LogP contribution in [0.25, 0.3) is 0 Å². The zero-order valence-electron chi connectivity index (χ0n) is 9.79. The fourth-order valence-corrected chi connectivity index (χ4v) is 1.27. The summed E-state index contributed by atoms with van der Waals surface area (Å²) in [5, 5.41) is 18.7. The lowest BCUT2D eigenvalue weighted by Crippen LogP contribution is -2.39. The van der Waals surface area contributed by atoms with Crippen molar-refractivity contribution in [1.82, 2.24) is 5.32 Å². The standard InChI is InChI=1S/C11H9F4NO4/c12-7-1-5(6(10(19)20)2-8(7)13)9(18)16-3-11(14,15)4-17/h1-2,17H,3-4H2,(H,16,18)(H,19,20). The number of carbonyl (C=O) groups excluding carboxylic acids is 1. The number of aromatic carboxylic acids is 1. The van der Waals surface area contributed by atoms with Crippen LogP contribution in [0.15, 0.2) is 12.1 Å². The summed E-state index contributed by atoms with van der Waals surface area (Å²) in [5.74, 6) is -9.64. The number of benzene rings is 1. The van der Waals surface area contributed by atoms with E-state index in [1.165, 1.54) is 0 Å². The molecule has 0 radical (unpaired) electrons. The topological polar surface area (TPSA) is 86.6 Å². The highest BCUT2D eigenvalue weighted by atomic mass is 19.3. The molecule has 0 aliphatic rings. The first-order chi connectivity index (χ1) is 9.18. The zero-order valence-corrected chi connectivity index (χ0v) is 9.79. The van der Waals surface area contributed by atoms with Crippen LogP contribution in [0, 0.1) is 11.6 Å². The van der Waals surface area contributed by atoms with Crippen molar-refractivity contribution >= 4 is 11.9 Å². The second-order valence-corrected chi connectivity index (χ2v) is 3.81. The Bertz CT molecular complexity index is 547. The first-order valence-electron chi connectivity index (χ1n) is 5.17. The number of hydrogen-bond acceptors (Lipinski definition) is 3. The van der Waals surface area contributed by atoms with E-state index in [1.807, 2.05) is 0 Å². The third-order valence-corrected chi connectivity index (χ3v) is 2.27. The number of aliphatic hydroxyl groups is 1. The van der Waals surface area contributed by atoms with Crippen LogP contribution in [0.5, 0.6) is 0 Å². The van der Waals surface area contributed by atoms with E-state index in [2.05, 4.69) is 0 Å². The van der Waals surface area contributed by atoms with E-state index in [1.54, 1.807) is 5.32 Å². The smallest absolute Gasteiger partial charge is 0.336 e. The van der Waals surface area contributed by atoms with Crippen LogP contribution < -0.4 is 5.32 Å². The second kappa shape index (κ2) is 5.87. The third-order valence-electron chi connectivity index (χ3n) is 2.27. The van der Waals surface area contributed by atoms with E-state index in [9.17, 15) is 27.2 Å². The average molecular weight is 295 g/mol. The van der Waals surface area contributed by atoms with Gasteiger partial charge in [0.1, 0.15) is 6.61 Å². The number of carbonyl (C=O) groups is 2. The summed E-state index contributed by atoms with van der Waals surface area (Å²) in [4.78, 5) is 22.3. The number of amides is 1. The maximum Gasteiger partial charge on any atom is 0.336 e. The van der Waals surface area contributed by atoms with Gasteiger partial charge in [-0.05, 0) is 12.1 Å². The van der Waals surface area contributed by atoms with Gasteiger partial charge in [-0.3, -0.25) is 4.79 Å². The summed E-state index contributed by atoms with van der Waals surface area (Å²) < 4.78 is 51.3. The maximum absolute atomic E-state index is 13.0. The zero-order chi connectivity index (χ0) is 15.5. The third kappa shape index (κ3) is 3.67. The minimum atomic E-state index is -3.61. The molecule has 0 saturated carbocycles. The molecule has 0 aliphatic carbocycles. The van der Waals surface area contributed by atoms with Crippen LogP contribution in [0.1, 0.15) is 20.7 Å². The molecule has 110 valence electrons. The molecule has 0 spiro atoms. The summed E-state index contributed by atoms with van der Waals surface area (Å²) in [6.45, 7) is -2.81. The Hall–Kier alpha value is -2.16. The highest BCUT2D eigenvalue weighted by Gasteiger charge is 2.29. The minimum Gasteiger partial charge on any atom is -0.478 e. The fraction of sp³-hybridized carbons (Fsp3) is 0.273. The molecule has 9 heteroatoms. The van der Waals surface area contributed by atoms with Gasteiger partial charge in [-0.15, -0.1) is 0 Å². The molecule has 0 aromatic heterocycles. The van der Waals surface area contributed by atoms with Gasteiger partial charge >= 0.3 is 5.97 Å². The maximum atomic E-state index is 13.0. The molecule has 0 heterocycles. The Balaban J connectivity index is 3.04. The molecule has 0 atom stereocenters. The first-order valence-corrected chi connectivity index (χ1v) is 5.17. The molecule has 1 rings (SSSR count). The van der Waals surface area contributed by atoms with Crippen LogP contribution in [-0.2, 0) is 0 Å². The van der Waals surface area contributed by atoms with Crippen LogP contribution >= 0.6 is 0 Å². The van der Waals surface area contributed by atoms with Crippen molar-refractivity contribution < 1.29 is 37.4 Å². The Morgan fingerprint density at radius 2 is 1.65 bits per heavy atom. The number of carboxylic acids is 1. The van der Waals surface area contributed by atoms with Crippen LogP contribution in [0.2, 0.25) is 0 Å². The average Bonchev–Trinajstić information content (AvgIpc) is 2.38. The van der Waals surface area contributed by atoms with Crippen molar-refractivity contribution in [3.63, 3.8) is 0 Å². The van der Waals surface area contributed by atoms with E-state index >= 15 is 0 Å². The van der Waals surface area contributed by atoms with Crippen molar-refractivity contribution in [2.24, 2.45) is 0 Å². The normalized spacial score (nSPS) is 11.2. The molecule has 0 saturated heterocycles. The molecular formula is C11H9F4NO4. The summed E-state index contributed by atoms with van der Waals surface area (Å²) >= 11 is 0. The Morgan fingerprint density at radius 1 is 1.15 bits per heavy atom. The number of aliphatic hydroxyl groups excluding tert-OH is 1. The van der Waals surface area contributed by atoms with Gasteiger partial charge in [-0.25, -0.2) is 22.4 Å². The summed E-state index contributed by atoms with van der Waals surface area (Å²) in [7, 11) is 0. The number of rotatable bonds is 5. The van der Waals surface area contributed by atoms with Gasteiger partial charge in [0.15, 0.2) is 11.6 Å². The van der Waals surface area contributed by atoms with E-state index in [4.69, 9.17) is 10.2 Å². The van der Waals surface area contributed by atoms with Crippen LogP contribution in [0.4, 0.5) is 17.6 Å². The van der Waals surface area contributed by atoms with Gasteiger partial charge in [0.2, 0.25) is 0 Å². The van der Waals surface area contributed by atoms with Crippen molar-refractivity contribution in [1.29, 1.82) is 0 Å². The lowest BCUT2D eigenvalue weighted by atomic mass is 10.1. The minimum absolute atomic E-state index is 0.275. The molecule has 1 aromatic carbocycles. The lowest BCUT2D eigenvalue weighted by Gasteiger charge is -2.14. The monoisotopic (exact) mass is 295 g/mol. The number of hydrogen-bond donors (Lipinski definition) is 3. The Labute approximate surface area is 109 Å². The molecule has 1 amide bonds. The molecule has 5 nitrogen and oxygen atoms in total. The van der Waals surface area contributed by atoms with Gasteiger partial charge in [0.05, 0.1) is 17.7 Å². The van der Waals surface area contributed by atoms with Crippen LogP contribution in [0.3, 0.4) is 0 Å². The molecule has 0 aliphatic heterocycles. The molecule has 0 fully saturated rings. The molecule has 20 heavy (non-hydrogen) atoms. The fourth-order valence-electron chi connectivity index (χ4n) is 1.27. The number of halogens is 4. The van der Waals surface area contributed by atoms with Crippen molar-refractivity contribution in [2.45, 2.75) is 5.92 Å². The largest absolute Gasteiger partial charge is 0.478 e. The predicted molar refractivity (Wildman–Crippen MR) is 57.7 cm³/mol. The highest BCUT2D eigenvalue weighted by molar-refractivity contribution is 6.04. The summed E-state index contributed by atoms with van der Waals surface area (Å²) in [6.07, 6.45) is 0. The summed E-state index contributed by atoms with van der Waals surface area (Å²) in [6, 6.07) is 0.571. The number of carboxylic acid groups (broad SMARTS) is 1. The van der Waals surface area contributed by atoms with E-state index in [-0.39, 0.29) is 6.07 Å². The Morgan fingerprint density at radius 3 is 2.10 bits per heavy atom. The van der Waals surface area contributed by atoms with Crippen LogP contribution in [-0.4, -0.2) is 41.2 Å². The number of nitrogens with one attached hydrogen (secondary N) is 1.